The van der Waals surface area contributed by atoms with Crippen molar-refractivity contribution in [3.05, 3.63) is 0 Å². The molecular weight excluding hydrogens is 200 g/mol. The fourth-order valence-electron chi connectivity index (χ4n) is 3.52. The van der Waals surface area contributed by atoms with Crippen molar-refractivity contribution in [2.75, 3.05) is 13.1 Å². The van der Waals surface area contributed by atoms with Crippen LogP contribution in [0.3, 0.4) is 0 Å². The van der Waals surface area contributed by atoms with Crippen molar-refractivity contribution in [3.63, 3.8) is 0 Å². The fraction of sp³-hybridized carbons (Fsp3) is 0.923. The van der Waals surface area contributed by atoms with Gasteiger partial charge < -0.3 is 10.6 Å². The van der Waals surface area contributed by atoms with Gasteiger partial charge in [0.15, 0.2) is 0 Å². The quantitative estimate of drug-likeness (QED) is 0.742. The number of rotatable bonds is 2. The number of carbonyl (C=O) groups is 1. The first-order valence-electron chi connectivity index (χ1n) is 6.81. The van der Waals surface area contributed by atoms with Crippen molar-refractivity contribution < 1.29 is 4.79 Å². The molecule has 16 heavy (non-hydrogen) atoms. The van der Waals surface area contributed by atoms with Gasteiger partial charge in [-0.1, -0.05) is 6.42 Å². The minimum absolute atomic E-state index is 0.338. The van der Waals surface area contributed by atoms with Crippen LogP contribution in [0.2, 0.25) is 0 Å². The number of piperidine rings is 1. The maximum absolute atomic E-state index is 11.9. The monoisotopic (exact) mass is 222 g/mol. The van der Waals surface area contributed by atoms with Gasteiger partial charge in [0.25, 0.3) is 0 Å². The fourth-order valence-corrected chi connectivity index (χ4v) is 3.52. The van der Waals surface area contributed by atoms with Crippen LogP contribution in [0.25, 0.3) is 0 Å². The van der Waals surface area contributed by atoms with Gasteiger partial charge in [0, 0.05) is 12.0 Å². The standard InChI is InChI=1S/C13H22N2O/c16-12(10-3-4-10)15-11-2-1-5-13(11)6-8-14-9-7-13/h10-11,14H,1-9H2,(H,15,16). The molecule has 2 N–H and O–H groups in total. The molecule has 1 heterocycles. The Bertz CT molecular complexity index is 280. The van der Waals surface area contributed by atoms with Gasteiger partial charge in [-0.3, -0.25) is 4.79 Å². The maximum atomic E-state index is 11.9. The summed E-state index contributed by atoms with van der Waals surface area (Å²) in [6.45, 7) is 2.27. The van der Waals surface area contributed by atoms with Gasteiger partial charge in [0.1, 0.15) is 0 Å². The summed E-state index contributed by atoms with van der Waals surface area (Å²) in [5, 5.41) is 6.77. The average molecular weight is 222 g/mol. The van der Waals surface area contributed by atoms with Crippen LogP contribution in [0.5, 0.6) is 0 Å². The van der Waals surface area contributed by atoms with Crippen LogP contribution >= 0.6 is 0 Å². The maximum Gasteiger partial charge on any atom is 0.223 e. The van der Waals surface area contributed by atoms with Crippen LogP contribution in [0, 0.1) is 11.3 Å². The van der Waals surface area contributed by atoms with Crippen molar-refractivity contribution in [2.45, 2.75) is 51.0 Å². The number of carbonyl (C=O) groups excluding carboxylic acids is 1. The Morgan fingerprint density at radius 3 is 2.56 bits per heavy atom. The Kier molecular flexibility index (Phi) is 2.66. The molecule has 0 aromatic heterocycles. The summed E-state index contributed by atoms with van der Waals surface area (Å²) < 4.78 is 0. The van der Waals surface area contributed by atoms with Crippen LogP contribution in [-0.4, -0.2) is 25.0 Å². The van der Waals surface area contributed by atoms with E-state index in [2.05, 4.69) is 10.6 Å². The highest BCUT2D eigenvalue weighted by Crippen LogP contribution is 2.45. The molecule has 0 bridgehead atoms. The average Bonchev–Trinajstić information content (AvgIpc) is 3.08. The summed E-state index contributed by atoms with van der Waals surface area (Å²) >= 11 is 0. The van der Waals surface area contributed by atoms with E-state index in [1.807, 2.05) is 0 Å². The largest absolute Gasteiger partial charge is 0.353 e. The van der Waals surface area contributed by atoms with E-state index in [1.165, 1.54) is 32.1 Å². The van der Waals surface area contributed by atoms with E-state index < -0.39 is 0 Å². The lowest BCUT2D eigenvalue weighted by atomic mass is 9.74. The van der Waals surface area contributed by atoms with Crippen molar-refractivity contribution in [1.29, 1.82) is 0 Å². The molecule has 1 amide bonds. The zero-order chi connectivity index (χ0) is 11.0. The molecule has 0 aromatic rings. The van der Waals surface area contributed by atoms with E-state index in [1.54, 1.807) is 0 Å². The van der Waals surface area contributed by atoms with Gasteiger partial charge in [0.2, 0.25) is 5.91 Å². The molecule has 0 radical (unpaired) electrons. The summed E-state index contributed by atoms with van der Waals surface area (Å²) in [6.07, 6.45) is 8.57. The van der Waals surface area contributed by atoms with Gasteiger partial charge in [-0.2, -0.15) is 0 Å². The van der Waals surface area contributed by atoms with E-state index in [4.69, 9.17) is 0 Å². The molecule has 1 saturated heterocycles. The lowest BCUT2D eigenvalue weighted by molar-refractivity contribution is -0.123. The summed E-state index contributed by atoms with van der Waals surface area (Å²) in [7, 11) is 0. The third kappa shape index (κ3) is 1.86. The molecule has 1 unspecified atom stereocenters. The summed E-state index contributed by atoms with van der Waals surface area (Å²) in [5.41, 5.74) is 0.440. The molecule has 3 heteroatoms. The second-order valence-electron chi connectivity index (χ2n) is 5.84. The van der Waals surface area contributed by atoms with E-state index in [-0.39, 0.29) is 0 Å². The van der Waals surface area contributed by atoms with Crippen LogP contribution in [0.1, 0.15) is 44.9 Å². The predicted octanol–water partition coefficient (Wildman–Crippen LogP) is 1.43. The lowest BCUT2D eigenvalue weighted by Gasteiger charge is -2.39. The van der Waals surface area contributed by atoms with Crippen molar-refractivity contribution in [1.82, 2.24) is 10.6 Å². The van der Waals surface area contributed by atoms with Crippen LogP contribution in [0.4, 0.5) is 0 Å². The van der Waals surface area contributed by atoms with E-state index in [9.17, 15) is 4.79 Å². The first-order chi connectivity index (χ1) is 7.80. The van der Waals surface area contributed by atoms with E-state index >= 15 is 0 Å². The molecule has 0 aromatic carbocycles. The molecule has 3 nitrogen and oxygen atoms in total. The first kappa shape index (κ1) is 10.6. The molecule has 1 atom stereocenters. The Balaban J connectivity index is 1.65. The first-order valence-corrected chi connectivity index (χ1v) is 6.81. The molecule has 2 aliphatic carbocycles. The zero-order valence-corrected chi connectivity index (χ0v) is 9.93. The van der Waals surface area contributed by atoms with E-state index in [0.29, 0.717) is 23.3 Å². The SMILES string of the molecule is O=C(NC1CCCC12CCNCC2)C1CC1. The third-order valence-corrected chi connectivity index (χ3v) is 4.77. The number of hydrogen-bond donors (Lipinski definition) is 2. The van der Waals surface area contributed by atoms with Gasteiger partial charge in [0.05, 0.1) is 0 Å². The highest BCUT2D eigenvalue weighted by Gasteiger charge is 2.45. The Hall–Kier alpha value is -0.570. The number of hydrogen-bond acceptors (Lipinski definition) is 2. The van der Waals surface area contributed by atoms with Crippen LogP contribution < -0.4 is 10.6 Å². The molecule has 90 valence electrons. The van der Waals surface area contributed by atoms with Crippen molar-refractivity contribution in [2.24, 2.45) is 11.3 Å². The van der Waals surface area contributed by atoms with Crippen LogP contribution in [-0.2, 0) is 4.79 Å². The third-order valence-electron chi connectivity index (χ3n) is 4.77. The highest BCUT2D eigenvalue weighted by atomic mass is 16.2. The molecule has 1 aliphatic heterocycles. The molecule has 2 saturated carbocycles. The Morgan fingerprint density at radius 1 is 1.12 bits per heavy atom. The number of nitrogens with one attached hydrogen (secondary N) is 2. The van der Waals surface area contributed by atoms with Crippen molar-refractivity contribution >= 4 is 5.91 Å². The molecular formula is C13H22N2O. The summed E-state index contributed by atoms with van der Waals surface area (Å²) in [4.78, 5) is 11.9. The van der Waals surface area contributed by atoms with E-state index in [0.717, 1.165) is 25.9 Å². The smallest absolute Gasteiger partial charge is 0.223 e. The molecule has 3 aliphatic rings. The van der Waals surface area contributed by atoms with Gasteiger partial charge >= 0.3 is 0 Å². The summed E-state index contributed by atoms with van der Waals surface area (Å²) in [5.74, 6) is 0.698. The topological polar surface area (TPSA) is 41.1 Å². The lowest BCUT2D eigenvalue weighted by Crippen LogP contribution is -2.49. The Morgan fingerprint density at radius 2 is 1.88 bits per heavy atom. The molecule has 3 fully saturated rings. The highest BCUT2D eigenvalue weighted by molar-refractivity contribution is 5.81. The molecule has 1 spiro atoms. The predicted molar refractivity (Wildman–Crippen MR) is 63.0 cm³/mol. The molecule has 3 rings (SSSR count). The van der Waals surface area contributed by atoms with Crippen molar-refractivity contribution in [3.8, 4) is 0 Å². The van der Waals surface area contributed by atoms with Gasteiger partial charge in [-0.05, 0) is 57.0 Å². The Labute approximate surface area is 97.4 Å². The number of amides is 1. The van der Waals surface area contributed by atoms with Gasteiger partial charge in [-0.15, -0.1) is 0 Å². The normalized spacial score (nSPS) is 32.9. The second kappa shape index (κ2) is 4.02. The van der Waals surface area contributed by atoms with Crippen LogP contribution in [0.15, 0.2) is 0 Å². The minimum atomic E-state index is 0.338. The zero-order valence-electron chi connectivity index (χ0n) is 9.93. The second-order valence-corrected chi connectivity index (χ2v) is 5.84. The summed E-state index contributed by atoms with van der Waals surface area (Å²) in [6, 6.07) is 0.475. The van der Waals surface area contributed by atoms with Gasteiger partial charge in [-0.25, -0.2) is 0 Å². The minimum Gasteiger partial charge on any atom is -0.353 e.